The summed E-state index contributed by atoms with van der Waals surface area (Å²) in [5.41, 5.74) is 3.24. The first kappa shape index (κ1) is 17.5. The third kappa shape index (κ3) is 3.50. The number of aromatic nitrogens is 4. The highest BCUT2D eigenvalue weighted by atomic mass is 16.6. The molecule has 0 saturated carbocycles. The van der Waals surface area contributed by atoms with Crippen LogP contribution < -0.4 is 20.1 Å². The Morgan fingerprint density at radius 2 is 1.61 bits per heavy atom. The zero-order valence-corrected chi connectivity index (χ0v) is 15.6. The van der Waals surface area contributed by atoms with Gasteiger partial charge in [0, 0.05) is 11.8 Å². The molecule has 9 nitrogen and oxygen atoms in total. The van der Waals surface area contributed by atoms with E-state index in [9.17, 15) is 0 Å². The monoisotopic (exact) mass is 378 g/mol. The van der Waals surface area contributed by atoms with Gasteiger partial charge in [-0.3, -0.25) is 0 Å². The zero-order valence-electron chi connectivity index (χ0n) is 15.6. The molecule has 2 aromatic heterocycles. The van der Waals surface area contributed by atoms with E-state index >= 15 is 0 Å². The van der Waals surface area contributed by atoms with E-state index in [0.717, 1.165) is 11.3 Å². The minimum Gasteiger partial charge on any atom is -0.497 e. The highest BCUT2D eigenvalue weighted by molar-refractivity contribution is 5.80. The molecule has 0 spiro atoms. The van der Waals surface area contributed by atoms with E-state index in [4.69, 9.17) is 14.1 Å². The maximum atomic E-state index is 5.43. The Bertz CT molecular complexity index is 1130. The Balaban J connectivity index is 1.77. The molecule has 0 aliphatic heterocycles. The first-order valence-electron chi connectivity index (χ1n) is 8.49. The predicted molar refractivity (Wildman–Crippen MR) is 105 cm³/mol. The molecule has 0 atom stereocenters. The SMILES string of the molecule is COc1ccc(OC)c(Nc2nc3nonc3nc2Nc2cccc(C)c2)c1. The van der Waals surface area contributed by atoms with E-state index in [1.165, 1.54) is 0 Å². The number of anilines is 4. The lowest BCUT2D eigenvalue weighted by Gasteiger charge is -2.15. The molecule has 28 heavy (non-hydrogen) atoms. The van der Waals surface area contributed by atoms with Gasteiger partial charge in [0.2, 0.25) is 11.3 Å². The molecule has 0 unspecified atom stereocenters. The Morgan fingerprint density at radius 3 is 2.29 bits per heavy atom. The number of aryl methyl sites for hydroxylation is 1. The van der Waals surface area contributed by atoms with Gasteiger partial charge in [-0.15, -0.1) is 0 Å². The van der Waals surface area contributed by atoms with E-state index in [1.807, 2.05) is 43.3 Å². The number of fused-ring (bicyclic) bond motifs is 1. The summed E-state index contributed by atoms with van der Waals surface area (Å²) in [6.45, 7) is 2.02. The highest BCUT2D eigenvalue weighted by Gasteiger charge is 2.15. The molecule has 2 aromatic carbocycles. The lowest BCUT2D eigenvalue weighted by atomic mass is 10.2. The normalized spacial score (nSPS) is 10.7. The molecule has 0 saturated heterocycles. The first-order chi connectivity index (χ1) is 13.7. The summed E-state index contributed by atoms with van der Waals surface area (Å²) in [7, 11) is 3.19. The zero-order chi connectivity index (χ0) is 19.5. The van der Waals surface area contributed by atoms with Crippen molar-refractivity contribution in [1.29, 1.82) is 0 Å². The molecule has 0 fully saturated rings. The lowest BCUT2D eigenvalue weighted by Crippen LogP contribution is -2.04. The van der Waals surface area contributed by atoms with Gasteiger partial charge in [-0.2, -0.15) is 0 Å². The van der Waals surface area contributed by atoms with E-state index in [2.05, 4.69) is 30.9 Å². The Kier molecular flexibility index (Phi) is 4.63. The fourth-order valence-corrected chi connectivity index (χ4v) is 2.71. The molecule has 0 bridgehead atoms. The van der Waals surface area contributed by atoms with Crippen molar-refractivity contribution < 1.29 is 14.1 Å². The summed E-state index contributed by atoms with van der Waals surface area (Å²) < 4.78 is 15.5. The number of benzene rings is 2. The van der Waals surface area contributed by atoms with Gasteiger partial charge in [0.25, 0.3) is 0 Å². The van der Waals surface area contributed by atoms with Crippen LogP contribution in [-0.4, -0.2) is 34.5 Å². The molecule has 142 valence electrons. The second-order valence-corrected chi connectivity index (χ2v) is 6.02. The molecule has 0 aliphatic rings. The number of methoxy groups -OCH3 is 2. The van der Waals surface area contributed by atoms with E-state index in [0.29, 0.717) is 40.1 Å². The van der Waals surface area contributed by atoms with Gasteiger partial charge in [0.05, 0.1) is 19.9 Å². The summed E-state index contributed by atoms with van der Waals surface area (Å²) in [5.74, 6) is 2.21. The largest absolute Gasteiger partial charge is 0.497 e. The Morgan fingerprint density at radius 1 is 0.857 bits per heavy atom. The minimum absolute atomic E-state index is 0.291. The summed E-state index contributed by atoms with van der Waals surface area (Å²) in [4.78, 5) is 8.96. The number of ether oxygens (including phenoxy) is 2. The molecule has 0 amide bonds. The van der Waals surface area contributed by atoms with Crippen LogP contribution in [-0.2, 0) is 0 Å². The molecule has 4 aromatic rings. The smallest absolute Gasteiger partial charge is 0.245 e. The second kappa shape index (κ2) is 7.39. The van der Waals surface area contributed by atoms with Crippen LogP contribution in [0.25, 0.3) is 11.3 Å². The number of nitrogens with zero attached hydrogens (tertiary/aromatic N) is 4. The molecular formula is C19H18N6O3. The van der Waals surface area contributed by atoms with E-state index in [1.54, 1.807) is 20.3 Å². The van der Waals surface area contributed by atoms with Crippen LogP contribution in [0, 0.1) is 6.92 Å². The van der Waals surface area contributed by atoms with Crippen molar-refractivity contribution in [1.82, 2.24) is 20.3 Å². The van der Waals surface area contributed by atoms with Crippen LogP contribution >= 0.6 is 0 Å². The number of rotatable bonds is 6. The van der Waals surface area contributed by atoms with Crippen molar-refractivity contribution in [3.63, 3.8) is 0 Å². The van der Waals surface area contributed by atoms with Crippen molar-refractivity contribution in [2.75, 3.05) is 24.9 Å². The third-order valence-electron chi connectivity index (χ3n) is 4.05. The van der Waals surface area contributed by atoms with E-state index in [-0.39, 0.29) is 0 Å². The predicted octanol–water partition coefficient (Wildman–Crippen LogP) is 3.83. The fraction of sp³-hybridized carbons (Fsp3) is 0.158. The average Bonchev–Trinajstić information content (AvgIpc) is 3.15. The second-order valence-electron chi connectivity index (χ2n) is 6.02. The van der Waals surface area contributed by atoms with Crippen molar-refractivity contribution >= 4 is 34.3 Å². The molecule has 2 heterocycles. The van der Waals surface area contributed by atoms with Crippen LogP contribution in [0.2, 0.25) is 0 Å². The average molecular weight is 378 g/mol. The summed E-state index contributed by atoms with van der Waals surface area (Å²) in [5, 5.41) is 14.0. The topological polar surface area (TPSA) is 107 Å². The van der Waals surface area contributed by atoms with Crippen molar-refractivity contribution in [2.45, 2.75) is 6.92 Å². The van der Waals surface area contributed by atoms with Gasteiger partial charge in [-0.05, 0) is 47.1 Å². The number of hydrogen-bond acceptors (Lipinski definition) is 9. The van der Waals surface area contributed by atoms with Gasteiger partial charge in [0.15, 0.2) is 11.6 Å². The first-order valence-corrected chi connectivity index (χ1v) is 8.49. The van der Waals surface area contributed by atoms with Gasteiger partial charge >= 0.3 is 0 Å². The third-order valence-corrected chi connectivity index (χ3v) is 4.05. The summed E-state index contributed by atoms with van der Waals surface area (Å²) in [6, 6.07) is 13.3. The quantitative estimate of drug-likeness (QED) is 0.517. The van der Waals surface area contributed by atoms with Crippen molar-refractivity contribution in [3.8, 4) is 11.5 Å². The number of hydrogen-bond donors (Lipinski definition) is 2. The molecule has 4 rings (SSSR count). The van der Waals surface area contributed by atoms with Crippen molar-refractivity contribution in [3.05, 3.63) is 48.0 Å². The van der Waals surface area contributed by atoms with Crippen molar-refractivity contribution in [2.24, 2.45) is 0 Å². The van der Waals surface area contributed by atoms with Gasteiger partial charge in [0.1, 0.15) is 11.5 Å². The van der Waals surface area contributed by atoms with Crippen LogP contribution in [0.15, 0.2) is 47.1 Å². The lowest BCUT2D eigenvalue weighted by molar-refractivity contribution is 0.314. The molecule has 2 N–H and O–H groups in total. The van der Waals surface area contributed by atoms with Crippen LogP contribution in [0.5, 0.6) is 11.5 Å². The molecule has 0 radical (unpaired) electrons. The van der Waals surface area contributed by atoms with Gasteiger partial charge in [-0.25, -0.2) is 14.6 Å². The fourth-order valence-electron chi connectivity index (χ4n) is 2.71. The Hall–Kier alpha value is -3.88. The minimum atomic E-state index is 0.291. The summed E-state index contributed by atoms with van der Waals surface area (Å²) >= 11 is 0. The highest BCUT2D eigenvalue weighted by Crippen LogP contribution is 2.34. The molecule has 0 aliphatic carbocycles. The maximum absolute atomic E-state index is 5.43. The summed E-state index contributed by atoms with van der Waals surface area (Å²) in [6.07, 6.45) is 0. The van der Waals surface area contributed by atoms with E-state index < -0.39 is 0 Å². The molecular weight excluding hydrogens is 360 g/mol. The standard InChI is InChI=1S/C19H18N6O3/c1-11-5-4-6-12(9-11)20-16-17(23-19-18(22-16)24-28-25-19)21-14-10-13(26-2)7-8-15(14)27-3/h4-10H,1-3H3,(H,20,22,24)(H,21,23,25). The number of nitrogens with one attached hydrogen (secondary N) is 2. The van der Waals surface area contributed by atoms with Gasteiger partial charge < -0.3 is 20.1 Å². The van der Waals surface area contributed by atoms with Gasteiger partial charge in [-0.1, -0.05) is 12.1 Å². The Labute approximate surface area is 160 Å². The van der Waals surface area contributed by atoms with Crippen LogP contribution in [0.3, 0.4) is 0 Å². The van der Waals surface area contributed by atoms with Crippen LogP contribution in [0.4, 0.5) is 23.0 Å². The maximum Gasteiger partial charge on any atom is 0.245 e. The molecule has 9 heteroatoms. The van der Waals surface area contributed by atoms with Crippen LogP contribution in [0.1, 0.15) is 5.56 Å².